The Morgan fingerprint density at radius 2 is 1.97 bits per heavy atom. The fourth-order valence-corrected chi connectivity index (χ4v) is 5.11. The summed E-state index contributed by atoms with van der Waals surface area (Å²) in [6, 6.07) is 12.4. The normalized spacial score (nSPS) is 14.2. The molecule has 0 radical (unpaired) electrons. The van der Waals surface area contributed by atoms with Crippen LogP contribution in [0, 0.1) is 11.8 Å². The third kappa shape index (κ3) is 4.65. The monoisotopic (exact) mass is 485 g/mol. The van der Waals surface area contributed by atoms with Crippen molar-refractivity contribution >= 4 is 22.7 Å². The molecule has 0 bridgehead atoms. The van der Waals surface area contributed by atoms with Gasteiger partial charge >= 0.3 is 0 Å². The molecule has 8 heteroatoms. The van der Waals surface area contributed by atoms with E-state index in [-0.39, 0.29) is 5.56 Å². The molecule has 1 aliphatic heterocycles. The molecule has 5 rings (SSSR count). The molecule has 0 saturated carbocycles. The predicted octanol–water partition coefficient (Wildman–Crippen LogP) is 4.61. The summed E-state index contributed by atoms with van der Waals surface area (Å²) in [6.07, 6.45) is 4.64. The van der Waals surface area contributed by atoms with Crippen molar-refractivity contribution in [3.05, 3.63) is 69.8 Å². The minimum atomic E-state index is -0.110. The van der Waals surface area contributed by atoms with Crippen molar-refractivity contribution in [2.24, 2.45) is 11.8 Å². The van der Waals surface area contributed by atoms with Crippen LogP contribution in [0.4, 0.5) is 11.6 Å². The molecule has 3 aromatic heterocycles. The number of rotatable bonds is 8. The van der Waals surface area contributed by atoms with E-state index in [0.717, 1.165) is 43.7 Å². The van der Waals surface area contributed by atoms with Gasteiger partial charge in [-0.3, -0.25) is 4.79 Å². The minimum absolute atomic E-state index is 0.110. The fourth-order valence-electron chi connectivity index (χ4n) is 5.11. The van der Waals surface area contributed by atoms with Gasteiger partial charge in [-0.1, -0.05) is 39.3 Å². The van der Waals surface area contributed by atoms with E-state index in [4.69, 9.17) is 9.97 Å². The van der Waals surface area contributed by atoms with E-state index in [1.807, 2.05) is 29.8 Å². The summed E-state index contributed by atoms with van der Waals surface area (Å²) in [5.41, 5.74) is 5.08. The minimum Gasteiger partial charge on any atom is -0.324 e. The fraction of sp³-hybridized carbons (Fsp3) is 0.429. The molecule has 2 N–H and O–H groups in total. The molecule has 1 unspecified atom stereocenters. The average molecular weight is 486 g/mol. The van der Waals surface area contributed by atoms with Gasteiger partial charge in [0.2, 0.25) is 5.95 Å². The Bertz CT molecular complexity index is 1440. The van der Waals surface area contributed by atoms with Crippen LogP contribution < -0.4 is 16.2 Å². The van der Waals surface area contributed by atoms with Crippen LogP contribution in [0.2, 0.25) is 0 Å². The molecule has 4 aromatic rings. The van der Waals surface area contributed by atoms with E-state index in [9.17, 15) is 4.79 Å². The molecular weight excluding hydrogens is 450 g/mol. The molecule has 1 atom stereocenters. The van der Waals surface area contributed by atoms with E-state index in [1.54, 1.807) is 10.9 Å². The van der Waals surface area contributed by atoms with Crippen LogP contribution in [0.3, 0.4) is 0 Å². The predicted molar refractivity (Wildman–Crippen MR) is 144 cm³/mol. The van der Waals surface area contributed by atoms with Crippen LogP contribution in [-0.2, 0) is 25.9 Å². The molecule has 36 heavy (non-hydrogen) atoms. The van der Waals surface area contributed by atoms with E-state index in [1.165, 1.54) is 11.1 Å². The first-order valence-electron chi connectivity index (χ1n) is 13.0. The number of hydrogen-bond donors (Lipinski definition) is 2. The van der Waals surface area contributed by atoms with Gasteiger partial charge in [0.15, 0.2) is 11.5 Å². The van der Waals surface area contributed by atoms with E-state index < -0.39 is 0 Å². The highest BCUT2D eigenvalue weighted by Crippen LogP contribution is 2.24. The number of anilines is 2. The van der Waals surface area contributed by atoms with Crippen molar-refractivity contribution in [1.82, 2.24) is 29.6 Å². The van der Waals surface area contributed by atoms with Crippen LogP contribution in [0.5, 0.6) is 0 Å². The van der Waals surface area contributed by atoms with Crippen molar-refractivity contribution in [2.45, 2.75) is 60.0 Å². The van der Waals surface area contributed by atoms with Crippen LogP contribution in [0.15, 0.2) is 47.4 Å². The lowest BCUT2D eigenvalue weighted by molar-refractivity contribution is 0.367. The third-order valence-corrected chi connectivity index (χ3v) is 7.27. The maximum atomic E-state index is 13.2. The zero-order chi connectivity index (χ0) is 25.2. The highest BCUT2D eigenvalue weighted by molar-refractivity contribution is 5.77. The maximum absolute atomic E-state index is 13.2. The lowest BCUT2D eigenvalue weighted by Crippen LogP contribution is -2.23. The van der Waals surface area contributed by atoms with Crippen molar-refractivity contribution in [1.29, 1.82) is 0 Å². The number of nitrogens with zero attached hydrogens (tertiary/aromatic N) is 5. The van der Waals surface area contributed by atoms with E-state index in [0.29, 0.717) is 41.2 Å². The Morgan fingerprint density at radius 3 is 2.75 bits per heavy atom. The van der Waals surface area contributed by atoms with Gasteiger partial charge in [-0.15, -0.1) is 0 Å². The number of benzene rings is 1. The Kier molecular flexibility index (Phi) is 6.87. The molecule has 188 valence electrons. The lowest BCUT2D eigenvalue weighted by atomic mass is 9.89. The zero-order valence-corrected chi connectivity index (χ0v) is 21.6. The summed E-state index contributed by atoms with van der Waals surface area (Å²) in [5, 5.41) is 7.23. The highest BCUT2D eigenvalue weighted by Gasteiger charge is 2.19. The average Bonchev–Trinajstić information content (AvgIpc) is 3.18. The Balaban J connectivity index is 1.54. The molecule has 8 nitrogen and oxygen atoms in total. The Morgan fingerprint density at radius 1 is 1.11 bits per heavy atom. The van der Waals surface area contributed by atoms with Gasteiger partial charge in [-0.25, -0.2) is 19.3 Å². The number of nitrogens with one attached hydrogen (secondary N) is 2. The van der Waals surface area contributed by atoms with Gasteiger partial charge in [0.05, 0.1) is 0 Å². The molecule has 0 amide bonds. The van der Waals surface area contributed by atoms with E-state index in [2.05, 4.69) is 54.6 Å². The zero-order valence-electron chi connectivity index (χ0n) is 21.6. The van der Waals surface area contributed by atoms with Crippen LogP contribution in [0.25, 0.3) is 16.9 Å². The van der Waals surface area contributed by atoms with Crippen LogP contribution in [-0.4, -0.2) is 30.9 Å². The molecule has 0 spiro atoms. The van der Waals surface area contributed by atoms with Crippen molar-refractivity contribution in [3.8, 4) is 5.82 Å². The first kappa shape index (κ1) is 24.2. The Labute approximate surface area is 211 Å². The molecule has 0 aliphatic carbocycles. The maximum Gasteiger partial charge on any atom is 0.278 e. The van der Waals surface area contributed by atoms with Crippen molar-refractivity contribution in [2.75, 3.05) is 11.9 Å². The second kappa shape index (κ2) is 10.2. The molecule has 0 fully saturated rings. The van der Waals surface area contributed by atoms with Crippen LogP contribution >= 0.6 is 0 Å². The van der Waals surface area contributed by atoms with Gasteiger partial charge < -0.3 is 10.6 Å². The highest BCUT2D eigenvalue weighted by atomic mass is 16.1. The summed E-state index contributed by atoms with van der Waals surface area (Å²) >= 11 is 0. The standard InChI is InChI=1S/C28H35N7O/c1-5-19(18(3)4)14-22-8-7-9-25(31-22)35-26-24(27(36)34(35)6-2)17-30-28(33-26)32-23-11-10-21-16-29-13-12-20(21)15-23/h7-11,15,17-19,29H,5-6,12-14,16H2,1-4H3,(H,30,32,33). The second-order valence-corrected chi connectivity index (χ2v) is 9.90. The largest absolute Gasteiger partial charge is 0.324 e. The Hall–Kier alpha value is -3.52. The van der Waals surface area contributed by atoms with Gasteiger partial charge in [-0.05, 0) is 73.5 Å². The molecule has 1 aliphatic rings. The quantitative estimate of drug-likeness (QED) is 0.379. The molecule has 0 saturated heterocycles. The number of hydrogen-bond acceptors (Lipinski definition) is 6. The summed E-state index contributed by atoms with van der Waals surface area (Å²) < 4.78 is 3.52. The number of aromatic nitrogens is 5. The first-order valence-corrected chi connectivity index (χ1v) is 13.0. The topological polar surface area (TPSA) is 89.7 Å². The molecule has 1 aromatic carbocycles. The van der Waals surface area contributed by atoms with Crippen molar-refractivity contribution in [3.63, 3.8) is 0 Å². The molecule has 4 heterocycles. The van der Waals surface area contributed by atoms with Gasteiger partial charge in [0.25, 0.3) is 5.56 Å². The van der Waals surface area contributed by atoms with Crippen LogP contribution in [0.1, 0.15) is 50.9 Å². The third-order valence-electron chi connectivity index (χ3n) is 7.27. The number of fused-ring (bicyclic) bond motifs is 2. The van der Waals surface area contributed by atoms with Gasteiger partial charge in [0, 0.05) is 30.7 Å². The van der Waals surface area contributed by atoms with Gasteiger partial charge in [0.1, 0.15) is 5.39 Å². The summed E-state index contributed by atoms with van der Waals surface area (Å²) in [6.45, 7) is 11.1. The number of pyridine rings is 1. The van der Waals surface area contributed by atoms with Crippen molar-refractivity contribution < 1.29 is 0 Å². The molecular formula is C28H35N7O. The van der Waals surface area contributed by atoms with Gasteiger partial charge in [-0.2, -0.15) is 4.98 Å². The first-order chi connectivity index (χ1) is 17.5. The summed E-state index contributed by atoms with van der Waals surface area (Å²) in [4.78, 5) is 27.4. The summed E-state index contributed by atoms with van der Waals surface area (Å²) in [5.74, 6) is 2.31. The summed E-state index contributed by atoms with van der Waals surface area (Å²) in [7, 11) is 0. The lowest BCUT2D eigenvalue weighted by Gasteiger charge is -2.19. The smallest absolute Gasteiger partial charge is 0.278 e. The second-order valence-electron chi connectivity index (χ2n) is 9.90. The SMILES string of the molecule is CCC(Cc1cccc(-n2c3nc(Nc4ccc5c(c4)CCNC5)ncc3c(=O)n2CC)n1)C(C)C. The van der Waals surface area contributed by atoms with E-state index >= 15 is 0 Å².